The van der Waals surface area contributed by atoms with Gasteiger partial charge in [0.05, 0.1) is 21.8 Å². The lowest BCUT2D eigenvalue weighted by Gasteiger charge is -2.31. The number of rotatable bonds is 2. The normalized spacial score (nSPS) is 27.6. The van der Waals surface area contributed by atoms with E-state index in [1.54, 1.807) is 0 Å². The van der Waals surface area contributed by atoms with E-state index >= 15 is 0 Å². The molecule has 1 aliphatic carbocycles. The first-order valence-electron chi connectivity index (χ1n) is 6.71. The Labute approximate surface area is 121 Å². The van der Waals surface area contributed by atoms with Crippen LogP contribution in [0.25, 0.3) is 0 Å². The fourth-order valence-electron chi connectivity index (χ4n) is 2.67. The van der Waals surface area contributed by atoms with E-state index in [4.69, 9.17) is 0 Å². The molecule has 1 fully saturated rings. The van der Waals surface area contributed by atoms with Crippen LogP contribution in [0.5, 0.6) is 0 Å². The zero-order valence-corrected chi connectivity index (χ0v) is 12.3. The van der Waals surface area contributed by atoms with Gasteiger partial charge in [0.25, 0.3) is 0 Å². The van der Waals surface area contributed by atoms with E-state index in [2.05, 4.69) is 0 Å². The summed E-state index contributed by atoms with van der Waals surface area (Å²) >= 11 is 0. The Balaban J connectivity index is 2.40. The SMILES string of the molecule is CC1CCC(O)C(S(=O)(=O)c2cccc(C(F)(F)F)c2)C1. The molecule has 3 nitrogen and oxygen atoms in total. The largest absolute Gasteiger partial charge is 0.416 e. The Hall–Kier alpha value is -1.08. The zero-order valence-electron chi connectivity index (χ0n) is 11.5. The zero-order chi connectivity index (χ0) is 15.8. The van der Waals surface area contributed by atoms with Crippen molar-refractivity contribution >= 4 is 9.84 Å². The molecule has 0 aromatic heterocycles. The number of alkyl halides is 3. The Morgan fingerprint density at radius 2 is 1.90 bits per heavy atom. The van der Waals surface area contributed by atoms with E-state index in [0.717, 1.165) is 24.6 Å². The quantitative estimate of drug-likeness (QED) is 0.910. The maximum Gasteiger partial charge on any atom is 0.416 e. The van der Waals surface area contributed by atoms with Gasteiger partial charge in [-0.05, 0) is 43.4 Å². The smallest absolute Gasteiger partial charge is 0.392 e. The molecule has 0 amide bonds. The number of hydrogen-bond acceptors (Lipinski definition) is 3. The number of aliphatic hydroxyl groups excluding tert-OH is 1. The molecule has 118 valence electrons. The average Bonchev–Trinajstić information content (AvgIpc) is 2.40. The third kappa shape index (κ3) is 3.40. The third-order valence-electron chi connectivity index (χ3n) is 3.91. The minimum Gasteiger partial charge on any atom is -0.392 e. The molecule has 0 aliphatic heterocycles. The monoisotopic (exact) mass is 322 g/mol. The Bertz CT molecular complexity index is 610. The highest BCUT2D eigenvalue weighted by Gasteiger charge is 2.39. The van der Waals surface area contributed by atoms with Crippen molar-refractivity contribution in [3.63, 3.8) is 0 Å². The van der Waals surface area contributed by atoms with Gasteiger partial charge < -0.3 is 5.11 Å². The molecule has 1 N–H and O–H groups in total. The highest BCUT2D eigenvalue weighted by Crippen LogP contribution is 2.35. The first-order chi connectivity index (χ1) is 9.62. The van der Waals surface area contributed by atoms with Crippen LogP contribution in [0.2, 0.25) is 0 Å². The second kappa shape index (κ2) is 5.61. The number of hydrogen-bond donors (Lipinski definition) is 1. The maximum atomic E-state index is 12.7. The highest BCUT2D eigenvalue weighted by molar-refractivity contribution is 7.92. The van der Waals surface area contributed by atoms with Gasteiger partial charge in [0.1, 0.15) is 0 Å². The van der Waals surface area contributed by atoms with E-state index in [-0.39, 0.29) is 17.2 Å². The average molecular weight is 322 g/mol. The van der Waals surface area contributed by atoms with Gasteiger partial charge in [0, 0.05) is 0 Å². The number of aliphatic hydroxyl groups is 1. The fraction of sp³-hybridized carbons (Fsp3) is 0.571. The van der Waals surface area contributed by atoms with Crippen molar-refractivity contribution in [1.82, 2.24) is 0 Å². The number of benzene rings is 1. The molecule has 1 aromatic carbocycles. The van der Waals surface area contributed by atoms with Crippen LogP contribution in [-0.2, 0) is 16.0 Å². The standard InChI is InChI=1S/C14H17F3O3S/c1-9-5-6-12(18)13(7-9)21(19,20)11-4-2-3-10(8-11)14(15,16)17/h2-4,8-9,12-13,18H,5-7H2,1H3. The van der Waals surface area contributed by atoms with Gasteiger partial charge in [-0.1, -0.05) is 13.0 Å². The second-order valence-corrected chi connectivity index (χ2v) is 7.76. The minimum atomic E-state index is -4.59. The first-order valence-corrected chi connectivity index (χ1v) is 8.26. The van der Waals surface area contributed by atoms with Crippen molar-refractivity contribution < 1.29 is 26.7 Å². The summed E-state index contributed by atoms with van der Waals surface area (Å²) in [5.74, 6) is 0.124. The van der Waals surface area contributed by atoms with Crippen LogP contribution in [0.15, 0.2) is 29.2 Å². The fourth-order valence-corrected chi connectivity index (χ4v) is 4.71. The van der Waals surface area contributed by atoms with Gasteiger partial charge >= 0.3 is 6.18 Å². The lowest BCUT2D eigenvalue weighted by atomic mass is 9.88. The Kier molecular flexibility index (Phi) is 4.35. The lowest BCUT2D eigenvalue weighted by molar-refractivity contribution is -0.137. The van der Waals surface area contributed by atoms with Crippen molar-refractivity contribution in [1.29, 1.82) is 0 Å². The summed E-state index contributed by atoms with van der Waals surface area (Å²) in [5, 5.41) is 8.87. The molecule has 0 saturated heterocycles. The van der Waals surface area contributed by atoms with Crippen LogP contribution in [0, 0.1) is 5.92 Å². The Morgan fingerprint density at radius 3 is 2.52 bits per heavy atom. The molecule has 1 aromatic rings. The first kappa shape index (κ1) is 16.3. The van der Waals surface area contributed by atoms with Gasteiger partial charge in [-0.3, -0.25) is 0 Å². The van der Waals surface area contributed by atoms with Crippen LogP contribution in [0.3, 0.4) is 0 Å². The summed E-state index contributed by atoms with van der Waals surface area (Å²) < 4.78 is 63.1. The topological polar surface area (TPSA) is 54.4 Å². The van der Waals surface area contributed by atoms with Gasteiger partial charge in [-0.25, -0.2) is 8.42 Å². The molecule has 2 rings (SSSR count). The molecule has 0 bridgehead atoms. The second-order valence-electron chi connectivity index (χ2n) is 5.59. The van der Waals surface area contributed by atoms with E-state index in [9.17, 15) is 26.7 Å². The van der Waals surface area contributed by atoms with Crippen molar-refractivity contribution in [2.24, 2.45) is 5.92 Å². The summed E-state index contributed by atoms with van der Waals surface area (Å²) in [5.41, 5.74) is -0.998. The third-order valence-corrected chi connectivity index (χ3v) is 6.12. The van der Waals surface area contributed by atoms with E-state index in [0.29, 0.717) is 12.5 Å². The van der Waals surface area contributed by atoms with Crippen LogP contribution < -0.4 is 0 Å². The summed E-state index contributed by atoms with van der Waals surface area (Å²) in [4.78, 5) is -0.379. The van der Waals surface area contributed by atoms with Gasteiger partial charge in [0.2, 0.25) is 0 Å². The summed E-state index contributed by atoms with van der Waals surface area (Å²) in [7, 11) is -3.98. The van der Waals surface area contributed by atoms with E-state index in [1.807, 2.05) is 6.92 Å². The van der Waals surface area contributed by atoms with Crippen molar-refractivity contribution in [3.05, 3.63) is 29.8 Å². The van der Waals surface area contributed by atoms with Gasteiger partial charge in [0.15, 0.2) is 9.84 Å². The van der Waals surface area contributed by atoms with Crippen molar-refractivity contribution in [2.75, 3.05) is 0 Å². The summed E-state index contributed by atoms with van der Waals surface area (Å²) in [6.07, 6.45) is -4.29. The summed E-state index contributed by atoms with van der Waals surface area (Å²) in [6.45, 7) is 1.88. The van der Waals surface area contributed by atoms with Gasteiger partial charge in [-0.15, -0.1) is 0 Å². The molecule has 0 spiro atoms. The van der Waals surface area contributed by atoms with Gasteiger partial charge in [-0.2, -0.15) is 13.2 Å². The van der Waals surface area contributed by atoms with E-state index < -0.39 is 32.9 Å². The van der Waals surface area contributed by atoms with Crippen LogP contribution in [0.4, 0.5) is 13.2 Å². The molecule has 0 heterocycles. The molecule has 21 heavy (non-hydrogen) atoms. The molecule has 7 heteroatoms. The molecule has 3 unspecified atom stereocenters. The predicted octanol–water partition coefficient (Wildman–Crippen LogP) is 3.03. The molecular formula is C14H17F3O3S. The lowest BCUT2D eigenvalue weighted by Crippen LogP contribution is -2.39. The predicted molar refractivity (Wildman–Crippen MR) is 71.4 cm³/mol. The van der Waals surface area contributed by atoms with E-state index in [1.165, 1.54) is 0 Å². The molecule has 1 saturated carbocycles. The molecule has 0 radical (unpaired) electrons. The minimum absolute atomic E-state index is 0.124. The molecule has 1 aliphatic rings. The Morgan fingerprint density at radius 1 is 1.24 bits per heavy atom. The molecular weight excluding hydrogens is 305 g/mol. The number of halogens is 3. The summed E-state index contributed by atoms with van der Waals surface area (Å²) in [6, 6.07) is 3.70. The maximum absolute atomic E-state index is 12.7. The van der Waals surface area contributed by atoms with Crippen LogP contribution in [-0.4, -0.2) is 24.9 Å². The van der Waals surface area contributed by atoms with Crippen molar-refractivity contribution in [2.45, 2.75) is 48.6 Å². The highest BCUT2D eigenvalue weighted by atomic mass is 32.2. The van der Waals surface area contributed by atoms with Crippen LogP contribution >= 0.6 is 0 Å². The number of sulfone groups is 1. The van der Waals surface area contributed by atoms with Crippen LogP contribution in [0.1, 0.15) is 31.7 Å². The molecule has 3 atom stereocenters. The van der Waals surface area contributed by atoms with Crippen molar-refractivity contribution in [3.8, 4) is 0 Å².